The van der Waals surface area contributed by atoms with E-state index >= 15 is 0 Å². The molecule has 3 aromatic rings. The van der Waals surface area contributed by atoms with Gasteiger partial charge in [-0.3, -0.25) is 15.1 Å². The van der Waals surface area contributed by atoms with Crippen molar-refractivity contribution in [3.8, 4) is 5.75 Å². The van der Waals surface area contributed by atoms with Crippen LogP contribution in [0.3, 0.4) is 0 Å². The number of amides is 1. The number of aromatic nitrogens is 1. The number of aromatic amines is 1. The third-order valence-corrected chi connectivity index (χ3v) is 6.21. The van der Waals surface area contributed by atoms with E-state index in [2.05, 4.69) is 27.8 Å². The van der Waals surface area contributed by atoms with Gasteiger partial charge in [-0.1, -0.05) is 37.5 Å². The van der Waals surface area contributed by atoms with Gasteiger partial charge in [0.1, 0.15) is 5.75 Å². The zero-order chi connectivity index (χ0) is 22.9. The second-order valence-electron chi connectivity index (χ2n) is 8.68. The molecule has 1 aliphatic rings. The van der Waals surface area contributed by atoms with E-state index in [4.69, 9.17) is 9.73 Å². The zero-order valence-electron chi connectivity index (χ0n) is 19.4. The first kappa shape index (κ1) is 22.9. The molecule has 0 atom stereocenters. The van der Waals surface area contributed by atoms with Crippen molar-refractivity contribution in [2.24, 2.45) is 10.9 Å². The molecular weight excluding hydrogens is 412 g/mol. The number of benzene rings is 2. The van der Waals surface area contributed by atoms with Crippen LogP contribution in [-0.4, -0.2) is 30.0 Å². The Kier molecular flexibility index (Phi) is 8.01. The number of nitrogens with zero attached hydrogens (tertiary/aromatic N) is 1. The van der Waals surface area contributed by atoms with Crippen molar-refractivity contribution < 1.29 is 9.53 Å². The maximum absolute atomic E-state index is 12.8. The number of rotatable bonds is 8. The summed E-state index contributed by atoms with van der Waals surface area (Å²) in [7, 11) is 0. The van der Waals surface area contributed by atoms with E-state index in [9.17, 15) is 4.79 Å². The number of aliphatic imine (C=N–C) groups is 1. The van der Waals surface area contributed by atoms with Crippen LogP contribution in [0.15, 0.2) is 59.7 Å². The van der Waals surface area contributed by atoms with Crippen LogP contribution in [0, 0.1) is 5.92 Å². The second kappa shape index (κ2) is 11.5. The van der Waals surface area contributed by atoms with Gasteiger partial charge < -0.3 is 15.0 Å². The molecule has 0 radical (unpaired) electrons. The van der Waals surface area contributed by atoms with Gasteiger partial charge in [-0.2, -0.15) is 0 Å². The fourth-order valence-corrected chi connectivity index (χ4v) is 4.51. The van der Waals surface area contributed by atoms with E-state index < -0.39 is 0 Å². The van der Waals surface area contributed by atoms with Crippen molar-refractivity contribution in [2.75, 3.05) is 18.5 Å². The van der Waals surface area contributed by atoms with Crippen molar-refractivity contribution in [3.05, 3.63) is 60.3 Å². The summed E-state index contributed by atoms with van der Waals surface area (Å²) in [6.45, 7) is 3.17. The number of para-hydroxylation sites is 1. The Morgan fingerprint density at radius 1 is 1.09 bits per heavy atom. The number of anilines is 1. The molecule has 1 saturated carbocycles. The van der Waals surface area contributed by atoms with Crippen LogP contribution in [0.1, 0.15) is 51.0 Å². The van der Waals surface area contributed by atoms with Gasteiger partial charge in [-0.05, 0) is 68.0 Å². The highest BCUT2D eigenvalue weighted by atomic mass is 16.5. The summed E-state index contributed by atoms with van der Waals surface area (Å²) in [6.07, 6.45) is 9.43. The predicted molar refractivity (Wildman–Crippen MR) is 135 cm³/mol. The lowest BCUT2D eigenvalue weighted by molar-refractivity contribution is -0.120. The van der Waals surface area contributed by atoms with Crippen LogP contribution in [0.4, 0.5) is 5.69 Å². The van der Waals surface area contributed by atoms with E-state index in [-0.39, 0.29) is 5.91 Å². The number of guanidine groups is 1. The zero-order valence-corrected chi connectivity index (χ0v) is 19.4. The molecule has 0 spiro atoms. The molecule has 0 unspecified atom stereocenters. The van der Waals surface area contributed by atoms with Gasteiger partial charge >= 0.3 is 0 Å². The van der Waals surface area contributed by atoms with E-state index in [1.807, 2.05) is 49.5 Å². The molecule has 3 N–H and O–H groups in total. The average Bonchev–Trinajstić information content (AvgIpc) is 3.24. The molecule has 1 aromatic heterocycles. The van der Waals surface area contributed by atoms with Gasteiger partial charge in [0.15, 0.2) is 0 Å². The normalized spacial score (nSPS) is 14.9. The molecule has 1 fully saturated rings. The Labute approximate surface area is 195 Å². The number of ether oxygens (including phenoxy) is 1. The smallest absolute Gasteiger partial charge is 0.226 e. The first-order chi connectivity index (χ1) is 16.2. The minimum Gasteiger partial charge on any atom is -0.494 e. The predicted octanol–water partition coefficient (Wildman–Crippen LogP) is 5.66. The van der Waals surface area contributed by atoms with Crippen molar-refractivity contribution in [1.29, 1.82) is 0 Å². The molecule has 174 valence electrons. The fraction of sp³-hybridized carbons (Fsp3) is 0.407. The molecule has 1 amide bonds. The molecule has 4 rings (SSSR count). The van der Waals surface area contributed by atoms with Gasteiger partial charge in [-0.25, -0.2) is 0 Å². The molecule has 2 aromatic carbocycles. The van der Waals surface area contributed by atoms with Crippen molar-refractivity contribution in [2.45, 2.75) is 51.9 Å². The van der Waals surface area contributed by atoms with E-state index in [1.165, 1.54) is 30.2 Å². The molecule has 0 aliphatic heterocycles. The van der Waals surface area contributed by atoms with Gasteiger partial charge in [0, 0.05) is 35.8 Å². The summed E-state index contributed by atoms with van der Waals surface area (Å²) in [4.78, 5) is 20.8. The molecule has 6 nitrogen and oxygen atoms in total. The van der Waals surface area contributed by atoms with Crippen molar-refractivity contribution >= 4 is 28.5 Å². The monoisotopic (exact) mass is 446 g/mol. The number of hydrogen-bond donors (Lipinski definition) is 3. The first-order valence-corrected chi connectivity index (χ1v) is 12.1. The molecule has 6 heteroatoms. The molecule has 33 heavy (non-hydrogen) atoms. The Hall–Kier alpha value is -3.28. The van der Waals surface area contributed by atoms with Crippen LogP contribution in [0.5, 0.6) is 5.75 Å². The lowest BCUT2D eigenvalue weighted by Gasteiger charge is -2.21. The molecule has 0 bridgehead atoms. The first-order valence-electron chi connectivity index (χ1n) is 12.1. The summed E-state index contributed by atoms with van der Waals surface area (Å²) in [5.74, 6) is 1.84. The minimum absolute atomic E-state index is 0.0335. The number of nitrogens with one attached hydrogen (secondary N) is 3. The van der Waals surface area contributed by atoms with Gasteiger partial charge in [0.25, 0.3) is 0 Å². The third kappa shape index (κ3) is 6.60. The van der Waals surface area contributed by atoms with Gasteiger partial charge in [0.2, 0.25) is 11.9 Å². The highest BCUT2D eigenvalue weighted by molar-refractivity contribution is 6.04. The van der Waals surface area contributed by atoms with Crippen molar-refractivity contribution in [3.63, 3.8) is 0 Å². The summed E-state index contributed by atoms with van der Waals surface area (Å²) in [5.41, 5.74) is 3.22. The fourth-order valence-electron chi connectivity index (χ4n) is 4.51. The van der Waals surface area contributed by atoms with Crippen LogP contribution in [-0.2, 0) is 11.2 Å². The Balaban J connectivity index is 1.42. The van der Waals surface area contributed by atoms with E-state index in [1.54, 1.807) is 0 Å². The molecule has 0 saturated heterocycles. The number of carbonyl (C=O) groups excluding carboxylic acids is 1. The summed E-state index contributed by atoms with van der Waals surface area (Å²) < 4.78 is 5.53. The van der Waals surface area contributed by atoms with Gasteiger partial charge in [-0.15, -0.1) is 0 Å². The van der Waals surface area contributed by atoms with Gasteiger partial charge in [0.05, 0.1) is 6.61 Å². The Morgan fingerprint density at radius 2 is 1.88 bits per heavy atom. The lowest BCUT2D eigenvalue weighted by atomic mass is 9.87. The highest BCUT2D eigenvalue weighted by Crippen LogP contribution is 2.26. The Morgan fingerprint density at radius 3 is 2.67 bits per heavy atom. The standard InChI is InChI=1S/C27H34N4O2/c1-2-33-23-14-12-22(13-15-23)30-27(31-26(32)18-20-8-4-3-5-9-20)28-17-16-21-19-29-25-11-7-6-10-24(21)25/h6-7,10-15,19-20,29H,2-5,8-9,16-18H2,1H3,(H2,28,30,31,32). The highest BCUT2D eigenvalue weighted by Gasteiger charge is 2.18. The second-order valence-corrected chi connectivity index (χ2v) is 8.68. The maximum Gasteiger partial charge on any atom is 0.226 e. The van der Waals surface area contributed by atoms with E-state index in [0.717, 1.165) is 36.2 Å². The summed E-state index contributed by atoms with van der Waals surface area (Å²) in [6, 6.07) is 16.0. The molecule has 1 heterocycles. The number of fused-ring (bicyclic) bond motifs is 1. The largest absolute Gasteiger partial charge is 0.494 e. The van der Waals surface area contributed by atoms with Crippen molar-refractivity contribution in [1.82, 2.24) is 10.3 Å². The third-order valence-electron chi connectivity index (χ3n) is 6.21. The molecular formula is C27H34N4O2. The molecule has 1 aliphatic carbocycles. The number of H-pyrrole nitrogens is 1. The maximum atomic E-state index is 12.8. The van der Waals surface area contributed by atoms with E-state index in [0.29, 0.717) is 31.4 Å². The lowest BCUT2D eigenvalue weighted by Crippen LogP contribution is -2.37. The minimum atomic E-state index is 0.0335. The summed E-state index contributed by atoms with van der Waals surface area (Å²) >= 11 is 0. The van der Waals surface area contributed by atoms with Crippen LogP contribution >= 0.6 is 0 Å². The van der Waals surface area contributed by atoms with Crippen LogP contribution in [0.25, 0.3) is 10.9 Å². The van der Waals surface area contributed by atoms with Crippen LogP contribution in [0.2, 0.25) is 0 Å². The SMILES string of the molecule is CCOc1ccc(NC(=NCCc2c[nH]c3ccccc23)NC(=O)CC2CCCCC2)cc1. The number of carbonyl (C=O) groups is 1. The Bertz CT molecular complexity index is 1070. The summed E-state index contributed by atoms with van der Waals surface area (Å²) in [5, 5.41) is 7.54. The van der Waals surface area contributed by atoms with Crippen LogP contribution < -0.4 is 15.4 Å². The quantitative estimate of drug-likeness (QED) is 0.308. The average molecular weight is 447 g/mol. The topological polar surface area (TPSA) is 78.5 Å². The number of hydrogen-bond acceptors (Lipinski definition) is 3.